The predicted molar refractivity (Wildman–Crippen MR) is 71.7 cm³/mol. The highest BCUT2D eigenvalue weighted by Gasteiger charge is 2.18. The molecule has 1 saturated carbocycles. The van der Waals surface area contributed by atoms with E-state index in [9.17, 15) is 4.79 Å². The van der Waals surface area contributed by atoms with Crippen molar-refractivity contribution in [2.24, 2.45) is 5.92 Å². The van der Waals surface area contributed by atoms with E-state index in [1.807, 2.05) is 25.1 Å². The number of benzene rings is 1. The molecule has 0 N–H and O–H groups in total. The average molecular weight is 251 g/mol. The smallest absolute Gasteiger partial charge is 0.163 e. The fourth-order valence-corrected chi connectivity index (χ4v) is 2.93. The average Bonchev–Trinajstić information content (AvgIpc) is 2.30. The molecule has 0 aliphatic heterocycles. The number of halogens is 1. The van der Waals surface area contributed by atoms with E-state index in [0.717, 1.165) is 11.1 Å². The summed E-state index contributed by atoms with van der Waals surface area (Å²) in [6, 6.07) is 5.54. The summed E-state index contributed by atoms with van der Waals surface area (Å²) in [5.41, 5.74) is 1.85. The van der Waals surface area contributed by atoms with E-state index in [1.54, 1.807) is 0 Å². The molecule has 92 valence electrons. The van der Waals surface area contributed by atoms with E-state index in [2.05, 4.69) is 0 Å². The Morgan fingerprint density at radius 1 is 1.29 bits per heavy atom. The van der Waals surface area contributed by atoms with Crippen molar-refractivity contribution in [3.05, 3.63) is 34.3 Å². The zero-order valence-electron chi connectivity index (χ0n) is 10.3. The molecule has 0 aromatic heterocycles. The lowest BCUT2D eigenvalue weighted by atomic mass is 9.84. The molecule has 1 aromatic carbocycles. The van der Waals surface area contributed by atoms with E-state index in [4.69, 9.17) is 11.6 Å². The van der Waals surface area contributed by atoms with Crippen molar-refractivity contribution in [1.29, 1.82) is 0 Å². The van der Waals surface area contributed by atoms with Gasteiger partial charge in [0, 0.05) is 17.0 Å². The van der Waals surface area contributed by atoms with Gasteiger partial charge in [0.2, 0.25) is 0 Å². The van der Waals surface area contributed by atoms with Crippen LogP contribution in [0.5, 0.6) is 0 Å². The minimum absolute atomic E-state index is 0.283. The molecule has 1 fully saturated rings. The van der Waals surface area contributed by atoms with Gasteiger partial charge in [0.05, 0.1) is 0 Å². The molecular formula is C15H19ClO. The Kier molecular flexibility index (Phi) is 4.22. The monoisotopic (exact) mass is 250 g/mol. The van der Waals surface area contributed by atoms with Crippen LogP contribution in [-0.2, 0) is 0 Å². The Labute approximate surface area is 108 Å². The summed E-state index contributed by atoms with van der Waals surface area (Å²) in [7, 11) is 0. The SMILES string of the molecule is Cc1cc(Cl)ccc1C(=O)CC1CCCCC1. The minimum atomic E-state index is 0.283. The first-order valence-electron chi connectivity index (χ1n) is 6.46. The quantitative estimate of drug-likeness (QED) is 0.704. The van der Waals surface area contributed by atoms with Gasteiger partial charge in [-0.25, -0.2) is 0 Å². The van der Waals surface area contributed by atoms with Crippen molar-refractivity contribution < 1.29 is 4.79 Å². The van der Waals surface area contributed by atoms with Crippen molar-refractivity contribution in [3.8, 4) is 0 Å². The number of aryl methyl sites for hydroxylation is 1. The molecule has 0 radical (unpaired) electrons. The number of hydrogen-bond acceptors (Lipinski definition) is 1. The summed E-state index contributed by atoms with van der Waals surface area (Å²) in [4.78, 5) is 12.2. The van der Waals surface area contributed by atoms with Gasteiger partial charge in [0.25, 0.3) is 0 Å². The highest BCUT2D eigenvalue weighted by Crippen LogP contribution is 2.28. The third kappa shape index (κ3) is 3.32. The maximum atomic E-state index is 12.2. The molecule has 1 aliphatic carbocycles. The number of carbonyl (C=O) groups excluding carboxylic acids is 1. The number of carbonyl (C=O) groups is 1. The Balaban J connectivity index is 2.03. The van der Waals surface area contributed by atoms with Crippen LogP contribution in [0.15, 0.2) is 18.2 Å². The molecule has 0 heterocycles. The van der Waals surface area contributed by atoms with Crippen LogP contribution in [0.2, 0.25) is 5.02 Å². The molecular weight excluding hydrogens is 232 g/mol. The molecule has 0 saturated heterocycles. The fourth-order valence-electron chi connectivity index (χ4n) is 2.70. The van der Waals surface area contributed by atoms with Gasteiger partial charge in [-0.2, -0.15) is 0 Å². The standard InChI is InChI=1S/C15H19ClO/c1-11-9-13(16)7-8-14(11)15(17)10-12-5-3-2-4-6-12/h7-9,12H,2-6,10H2,1H3. The van der Waals surface area contributed by atoms with Gasteiger partial charge in [-0.05, 0) is 36.6 Å². The number of hydrogen-bond donors (Lipinski definition) is 0. The molecule has 1 aliphatic rings. The lowest BCUT2D eigenvalue weighted by molar-refractivity contribution is 0.0949. The normalized spacial score (nSPS) is 17.1. The molecule has 17 heavy (non-hydrogen) atoms. The highest BCUT2D eigenvalue weighted by atomic mass is 35.5. The molecule has 1 aromatic rings. The van der Waals surface area contributed by atoms with E-state index in [-0.39, 0.29) is 5.78 Å². The third-order valence-electron chi connectivity index (χ3n) is 3.69. The highest BCUT2D eigenvalue weighted by molar-refractivity contribution is 6.30. The van der Waals surface area contributed by atoms with Gasteiger partial charge in [0.15, 0.2) is 5.78 Å². The second-order valence-corrected chi connectivity index (χ2v) is 5.53. The van der Waals surface area contributed by atoms with Gasteiger partial charge in [-0.3, -0.25) is 4.79 Å². The predicted octanol–water partition coefficient (Wildman–Crippen LogP) is 4.80. The molecule has 1 nitrogen and oxygen atoms in total. The fraction of sp³-hybridized carbons (Fsp3) is 0.533. The summed E-state index contributed by atoms with van der Waals surface area (Å²) in [6.45, 7) is 1.96. The van der Waals surface area contributed by atoms with Crippen LogP contribution in [-0.4, -0.2) is 5.78 Å². The zero-order valence-corrected chi connectivity index (χ0v) is 11.1. The lowest BCUT2D eigenvalue weighted by Crippen LogP contribution is -2.13. The van der Waals surface area contributed by atoms with Crippen molar-refractivity contribution >= 4 is 17.4 Å². The van der Waals surface area contributed by atoms with Crippen molar-refractivity contribution in [2.75, 3.05) is 0 Å². The first-order chi connectivity index (χ1) is 8.16. The Morgan fingerprint density at radius 2 is 2.00 bits per heavy atom. The first kappa shape index (κ1) is 12.6. The zero-order chi connectivity index (χ0) is 12.3. The van der Waals surface area contributed by atoms with Gasteiger partial charge in [-0.1, -0.05) is 43.7 Å². The molecule has 2 rings (SSSR count). The summed E-state index contributed by atoms with van der Waals surface area (Å²) >= 11 is 5.90. The van der Waals surface area contributed by atoms with E-state index < -0.39 is 0 Å². The third-order valence-corrected chi connectivity index (χ3v) is 3.92. The first-order valence-corrected chi connectivity index (χ1v) is 6.84. The van der Waals surface area contributed by atoms with Crippen LogP contribution in [0.4, 0.5) is 0 Å². The van der Waals surface area contributed by atoms with Crippen LogP contribution in [0.3, 0.4) is 0 Å². The number of ketones is 1. The van der Waals surface area contributed by atoms with Gasteiger partial charge < -0.3 is 0 Å². The van der Waals surface area contributed by atoms with Gasteiger partial charge in [-0.15, -0.1) is 0 Å². The summed E-state index contributed by atoms with van der Waals surface area (Å²) in [5.74, 6) is 0.886. The molecule has 0 amide bonds. The maximum Gasteiger partial charge on any atom is 0.163 e. The lowest BCUT2D eigenvalue weighted by Gasteiger charge is -2.21. The summed E-state index contributed by atoms with van der Waals surface area (Å²) < 4.78 is 0. The maximum absolute atomic E-state index is 12.2. The van der Waals surface area contributed by atoms with Crippen LogP contribution in [0.25, 0.3) is 0 Å². The Morgan fingerprint density at radius 3 is 2.65 bits per heavy atom. The molecule has 0 spiro atoms. The van der Waals surface area contributed by atoms with Crippen molar-refractivity contribution in [2.45, 2.75) is 45.4 Å². The second-order valence-electron chi connectivity index (χ2n) is 5.09. The Bertz CT molecular complexity index is 405. The number of rotatable bonds is 3. The Hall–Kier alpha value is -0.820. The van der Waals surface area contributed by atoms with E-state index in [1.165, 1.54) is 32.1 Å². The summed E-state index contributed by atoms with van der Waals surface area (Å²) in [6.07, 6.45) is 7.07. The molecule has 0 unspecified atom stereocenters. The second kappa shape index (κ2) is 5.68. The van der Waals surface area contributed by atoms with E-state index >= 15 is 0 Å². The molecule has 0 atom stereocenters. The van der Waals surface area contributed by atoms with Crippen molar-refractivity contribution in [1.82, 2.24) is 0 Å². The number of Topliss-reactive ketones (excluding diaryl/α,β-unsaturated/α-hetero) is 1. The van der Waals surface area contributed by atoms with Crippen LogP contribution < -0.4 is 0 Å². The van der Waals surface area contributed by atoms with Crippen LogP contribution in [0.1, 0.15) is 54.4 Å². The van der Waals surface area contributed by atoms with Crippen LogP contribution in [0, 0.1) is 12.8 Å². The molecule has 2 heteroatoms. The topological polar surface area (TPSA) is 17.1 Å². The minimum Gasteiger partial charge on any atom is -0.294 e. The summed E-state index contributed by atoms with van der Waals surface area (Å²) in [5, 5.41) is 0.705. The largest absolute Gasteiger partial charge is 0.294 e. The van der Waals surface area contributed by atoms with Gasteiger partial charge in [0.1, 0.15) is 0 Å². The van der Waals surface area contributed by atoms with Crippen LogP contribution >= 0.6 is 11.6 Å². The van der Waals surface area contributed by atoms with E-state index in [0.29, 0.717) is 17.4 Å². The van der Waals surface area contributed by atoms with Crippen molar-refractivity contribution in [3.63, 3.8) is 0 Å². The molecule has 0 bridgehead atoms. The van der Waals surface area contributed by atoms with Gasteiger partial charge >= 0.3 is 0 Å².